The molecule has 6 nitrogen and oxygen atoms in total. The first-order chi connectivity index (χ1) is 11.5. The van der Waals surface area contributed by atoms with Crippen molar-refractivity contribution < 1.29 is 19.4 Å². The third-order valence-electron chi connectivity index (χ3n) is 3.04. The number of anilines is 1. The summed E-state index contributed by atoms with van der Waals surface area (Å²) in [4.78, 5) is 22.9. The van der Waals surface area contributed by atoms with Crippen LogP contribution in [0.3, 0.4) is 0 Å². The summed E-state index contributed by atoms with van der Waals surface area (Å²) in [6.07, 6.45) is 0. The number of carboxylic acid groups (broad SMARTS) is 1. The van der Waals surface area contributed by atoms with Gasteiger partial charge in [0, 0.05) is 11.3 Å². The van der Waals surface area contributed by atoms with E-state index < -0.39 is 5.97 Å². The van der Waals surface area contributed by atoms with Crippen molar-refractivity contribution in [3.8, 4) is 5.75 Å². The quantitative estimate of drug-likeness (QED) is 0.723. The number of hydrogen-bond donors (Lipinski definition) is 3. The zero-order valence-corrected chi connectivity index (χ0v) is 13.7. The fraction of sp³-hybridized carbons (Fsp3) is 0.118. The van der Waals surface area contributed by atoms with E-state index in [1.165, 1.54) is 12.1 Å². The van der Waals surface area contributed by atoms with Crippen LogP contribution in [0.25, 0.3) is 0 Å². The molecule has 3 N–H and O–H groups in total. The Labute approximate surface area is 144 Å². The molecule has 0 spiro atoms. The van der Waals surface area contributed by atoms with Crippen LogP contribution >= 0.6 is 12.2 Å². The minimum atomic E-state index is -1.01. The van der Waals surface area contributed by atoms with Crippen LogP contribution in [0.4, 0.5) is 5.69 Å². The van der Waals surface area contributed by atoms with Crippen LogP contribution in [-0.4, -0.2) is 28.7 Å². The summed E-state index contributed by atoms with van der Waals surface area (Å²) < 4.78 is 5.32. The molecule has 0 heterocycles. The maximum atomic E-state index is 12.1. The molecule has 24 heavy (non-hydrogen) atoms. The second-order valence-electron chi connectivity index (χ2n) is 4.75. The van der Waals surface area contributed by atoms with Crippen molar-refractivity contribution in [3.63, 3.8) is 0 Å². The largest absolute Gasteiger partial charge is 0.494 e. The van der Waals surface area contributed by atoms with E-state index in [1.54, 1.807) is 36.4 Å². The van der Waals surface area contributed by atoms with E-state index in [9.17, 15) is 9.59 Å². The number of amides is 1. The SMILES string of the molecule is CCOc1ccc(C(=O)NC(=S)Nc2ccc(C(=O)O)cc2)cc1. The van der Waals surface area contributed by atoms with Gasteiger partial charge in [0.05, 0.1) is 12.2 Å². The summed E-state index contributed by atoms with van der Waals surface area (Å²) >= 11 is 5.08. The highest BCUT2D eigenvalue weighted by Gasteiger charge is 2.09. The number of carboxylic acids is 1. The lowest BCUT2D eigenvalue weighted by molar-refractivity contribution is 0.0696. The Morgan fingerprint density at radius 3 is 2.17 bits per heavy atom. The van der Waals surface area contributed by atoms with Crippen LogP contribution in [-0.2, 0) is 0 Å². The lowest BCUT2D eigenvalue weighted by Crippen LogP contribution is -2.34. The first kappa shape index (κ1) is 17.4. The van der Waals surface area contributed by atoms with Gasteiger partial charge in [-0.25, -0.2) is 4.79 Å². The second kappa shape index (κ2) is 8.07. The predicted octanol–water partition coefficient (Wildman–Crippen LogP) is 2.91. The molecule has 0 bridgehead atoms. The van der Waals surface area contributed by atoms with Gasteiger partial charge in [-0.3, -0.25) is 10.1 Å². The maximum absolute atomic E-state index is 12.1. The third kappa shape index (κ3) is 4.79. The zero-order chi connectivity index (χ0) is 17.5. The Morgan fingerprint density at radius 2 is 1.62 bits per heavy atom. The molecule has 1 amide bonds. The van der Waals surface area contributed by atoms with Gasteiger partial charge in [-0.2, -0.15) is 0 Å². The summed E-state index contributed by atoms with van der Waals surface area (Å²) in [6.45, 7) is 2.44. The van der Waals surface area contributed by atoms with Gasteiger partial charge in [0.1, 0.15) is 5.75 Å². The van der Waals surface area contributed by atoms with E-state index in [1.807, 2.05) is 6.92 Å². The first-order valence-electron chi connectivity index (χ1n) is 7.18. The monoisotopic (exact) mass is 344 g/mol. The van der Waals surface area contributed by atoms with Crippen LogP contribution in [0.1, 0.15) is 27.6 Å². The highest BCUT2D eigenvalue weighted by molar-refractivity contribution is 7.80. The molecule has 0 radical (unpaired) electrons. The van der Waals surface area contributed by atoms with Crippen LogP contribution in [0.15, 0.2) is 48.5 Å². The van der Waals surface area contributed by atoms with Crippen LogP contribution in [0.5, 0.6) is 5.75 Å². The molecule has 7 heteroatoms. The smallest absolute Gasteiger partial charge is 0.335 e. The van der Waals surface area contributed by atoms with Gasteiger partial charge in [-0.1, -0.05) is 0 Å². The van der Waals surface area contributed by atoms with E-state index in [4.69, 9.17) is 22.1 Å². The Kier molecular flexibility index (Phi) is 5.86. The number of ether oxygens (including phenoxy) is 1. The average Bonchev–Trinajstić information content (AvgIpc) is 2.56. The molecular weight excluding hydrogens is 328 g/mol. The zero-order valence-electron chi connectivity index (χ0n) is 12.9. The van der Waals surface area contributed by atoms with Crippen molar-refractivity contribution in [1.29, 1.82) is 0 Å². The van der Waals surface area contributed by atoms with E-state index in [0.29, 0.717) is 23.6 Å². The fourth-order valence-electron chi connectivity index (χ4n) is 1.90. The predicted molar refractivity (Wildman–Crippen MR) is 94.7 cm³/mol. The maximum Gasteiger partial charge on any atom is 0.335 e. The van der Waals surface area contributed by atoms with Crippen LogP contribution in [0, 0.1) is 0 Å². The molecule has 2 rings (SSSR count). The van der Waals surface area contributed by atoms with E-state index in [2.05, 4.69) is 10.6 Å². The number of aromatic carboxylic acids is 1. The third-order valence-corrected chi connectivity index (χ3v) is 3.25. The molecule has 124 valence electrons. The van der Waals surface area contributed by atoms with E-state index in [-0.39, 0.29) is 16.6 Å². The molecule has 0 unspecified atom stereocenters. The lowest BCUT2D eigenvalue weighted by atomic mass is 10.2. The molecule has 0 aliphatic rings. The molecule has 2 aromatic rings. The summed E-state index contributed by atoms with van der Waals surface area (Å²) in [5.41, 5.74) is 1.20. The van der Waals surface area contributed by atoms with Gasteiger partial charge in [0.25, 0.3) is 5.91 Å². The second-order valence-corrected chi connectivity index (χ2v) is 5.16. The van der Waals surface area contributed by atoms with Crippen LogP contribution in [0.2, 0.25) is 0 Å². The molecule has 0 aliphatic heterocycles. The van der Waals surface area contributed by atoms with Gasteiger partial charge in [-0.05, 0) is 67.7 Å². The van der Waals surface area contributed by atoms with Crippen molar-refractivity contribution in [2.75, 3.05) is 11.9 Å². The standard InChI is InChI=1S/C17H16N2O4S/c1-2-23-14-9-5-11(6-10-14)15(20)19-17(24)18-13-7-3-12(4-8-13)16(21)22/h3-10H,2H2,1H3,(H,21,22)(H2,18,19,20,24). The van der Waals surface area contributed by atoms with Gasteiger partial charge >= 0.3 is 5.97 Å². The fourth-order valence-corrected chi connectivity index (χ4v) is 2.11. The van der Waals surface area contributed by atoms with Gasteiger partial charge in [0.2, 0.25) is 0 Å². The average molecular weight is 344 g/mol. The van der Waals surface area contributed by atoms with Gasteiger partial charge < -0.3 is 15.2 Å². The summed E-state index contributed by atoms with van der Waals surface area (Å²) in [5.74, 6) is -0.668. The Bertz CT molecular complexity index is 742. The molecule has 0 saturated heterocycles. The number of carbonyl (C=O) groups is 2. The van der Waals surface area contributed by atoms with Crippen molar-refractivity contribution in [1.82, 2.24) is 5.32 Å². The minimum absolute atomic E-state index is 0.122. The minimum Gasteiger partial charge on any atom is -0.494 e. The Morgan fingerprint density at radius 1 is 1.04 bits per heavy atom. The van der Waals surface area contributed by atoms with Crippen molar-refractivity contribution >= 4 is 34.9 Å². The van der Waals surface area contributed by atoms with Crippen molar-refractivity contribution in [2.45, 2.75) is 6.92 Å². The molecule has 0 aromatic heterocycles. The van der Waals surface area contributed by atoms with Gasteiger partial charge in [-0.15, -0.1) is 0 Å². The van der Waals surface area contributed by atoms with E-state index in [0.717, 1.165) is 0 Å². The Balaban J connectivity index is 1.93. The van der Waals surface area contributed by atoms with Crippen LogP contribution < -0.4 is 15.4 Å². The van der Waals surface area contributed by atoms with Crippen molar-refractivity contribution in [3.05, 3.63) is 59.7 Å². The highest BCUT2D eigenvalue weighted by atomic mass is 32.1. The van der Waals surface area contributed by atoms with Gasteiger partial charge in [0.15, 0.2) is 5.11 Å². The number of carbonyl (C=O) groups excluding carboxylic acids is 1. The van der Waals surface area contributed by atoms with Crippen molar-refractivity contribution in [2.24, 2.45) is 0 Å². The number of thiocarbonyl (C=S) groups is 1. The number of benzene rings is 2. The molecule has 0 fully saturated rings. The molecular formula is C17H16N2O4S. The van der Waals surface area contributed by atoms with E-state index >= 15 is 0 Å². The molecule has 0 atom stereocenters. The molecule has 0 aliphatic carbocycles. The summed E-state index contributed by atoms with van der Waals surface area (Å²) in [6, 6.07) is 12.7. The highest BCUT2D eigenvalue weighted by Crippen LogP contribution is 2.12. The molecule has 0 saturated carbocycles. The Hall–Kier alpha value is -2.93. The topological polar surface area (TPSA) is 87.7 Å². The number of nitrogens with one attached hydrogen (secondary N) is 2. The summed E-state index contributed by atoms with van der Waals surface area (Å²) in [7, 11) is 0. The first-order valence-corrected chi connectivity index (χ1v) is 7.59. The summed E-state index contributed by atoms with van der Waals surface area (Å²) in [5, 5.41) is 14.3. The lowest BCUT2D eigenvalue weighted by Gasteiger charge is -2.10. The molecule has 2 aromatic carbocycles. The number of rotatable bonds is 5. The normalized spacial score (nSPS) is 9.88. The number of hydrogen-bond acceptors (Lipinski definition) is 4.